The molecule has 0 saturated heterocycles. The first-order valence-corrected chi connectivity index (χ1v) is 6.85. The van der Waals surface area contributed by atoms with E-state index in [1.54, 1.807) is 0 Å². The van der Waals surface area contributed by atoms with E-state index in [0.717, 1.165) is 12.1 Å². The average molecular weight is 306 g/mol. The summed E-state index contributed by atoms with van der Waals surface area (Å²) in [6, 6.07) is 3.10. The third-order valence-corrected chi connectivity index (χ3v) is 4.16. The summed E-state index contributed by atoms with van der Waals surface area (Å²) in [7, 11) is -2.48. The molecule has 0 amide bonds. The summed E-state index contributed by atoms with van der Waals surface area (Å²) >= 11 is 5.78. The summed E-state index contributed by atoms with van der Waals surface area (Å²) in [6.45, 7) is 0. The Hall–Kier alpha value is -1.80. The first-order valence-electron chi connectivity index (χ1n) is 4.99. The number of phenols is 1. The molecule has 0 spiro atoms. The second-order valence-corrected chi connectivity index (χ2v) is 5.68. The zero-order chi connectivity index (χ0) is 14.2. The summed E-state index contributed by atoms with van der Waals surface area (Å²) in [5.41, 5.74) is -0.0444. The van der Waals surface area contributed by atoms with Crippen LogP contribution >= 0.6 is 11.6 Å². The second kappa shape index (κ2) is 4.71. The summed E-state index contributed by atoms with van der Waals surface area (Å²) in [6.07, 6.45) is 1.24. The van der Waals surface area contributed by atoms with Crippen molar-refractivity contribution in [1.82, 2.24) is 9.55 Å². The van der Waals surface area contributed by atoms with Gasteiger partial charge in [-0.15, -0.1) is 0 Å². The summed E-state index contributed by atoms with van der Waals surface area (Å²) in [4.78, 5) is 3.66. The number of anilines is 1. The van der Waals surface area contributed by atoms with E-state index >= 15 is 0 Å². The van der Waals surface area contributed by atoms with Gasteiger partial charge in [0.15, 0.2) is 11.6 Å². The highest BCUT2D eigenvalue weighted by Crippen LogP contribution is 2.24. The Morgan fingerprint density at radius 2 is 2.16 bits per heavy atom. The second-order valence-electron chi connectivity index (χ2n) is 3.72. The lowest BCUT2D eigenvalue weighted by atomic mass is 10.3. The molecule has 2 rings (SSSR count). The number of sulfonamides is 1. The summed E-state index contributed by atoms with van der Waals surface area (Å²) < 4.78 is 40.5. The molecular formula is C10H9ClFN3O3S. The Morgan fingerprint density at radius 3 is 2.68 bits per heavy atom. The van der Waals surface area contributed by atoms with E-state index in [1.807, 2.05) is 0 Å². The van der Waals surface area contributed by atoms with Crippen LogP contribution in [0.2, 0.25) is 5.15 Å². The van der Waals surface area contributed by atoms with Gasteiger partial charge in [0, 0.05) is 13.1 Å². The lowest BCUT2D eigenvalue weighted by molar-refractivity contribution is 0.432. The number of imidazole rings is 1. The average Bonchev–Trinajstić information content (AvgIpc) is 2.65. The fourth-order valence-electron chi connectivity index (χ4n) is 1.35. The van der Waals surface area contributed by atoms with Gasteiger partial charge in [-0.2, -0.15) is 8.42 Å². The lowest BCUT2D eigenvalue weighted by Gasteiger charge is -2.07. The Morgan fingerprint density at radius 1 is 1.47 bits per heavy atom. The molecule has 19 heavy (non-hydrogen) atoms. The molecule has 9 heteroatoms. The third kappa shape index (κ3) is 2.64. The van der Waals surface area contributed by atoms with E-state index in [1.165, 1.54) is 24.0 Å². The fraction of sp³-hybridized carbons (Fsp3) is 0.100. The van der Waals surface area contributed by atoms with E-state index in [9.17, 15) is 12.8 Å². The molecule has 0 unspecified atom stereocenters. The largest absolute Gasteiger partial charge is 0.505 e. The number of halogens is 2. The van der Waals surface area contributed by atoms with Gasteiger partial charge in [0.1, 0.15) is 5.15 Å². The molecule has 2 N–H and O–H groups in total. The summed E-state index contributed by atoms with van der Waals surface area (Å²) in [5, 5.41) is 8.60. The van der Waals surface area contributed by atoms with Crippen molar-refractivity contribution in [2.24, 2.45) is 7.05 Å². The molecule has 1 aromatic heterocycles. The molecule has 0 aliphatic heterocycles. The number of rotatable bonds is 3. The smallest absolute Gasteiger partial charge is 0.282 e. The maximum absolute atomic E-state index is 13.1. The number of aryl methyl sites for hydroxylation is 1. The van der Waals surface area contributed by atoms with Gasteiger partial charge in [-0.25, -0.2) is 9.37 Å². The Bertz CT molecular complexity index is 730. The van der Waals surface area contributed by atoms with Gasteiger partial charge in [0.2, 0.25) is 5.03 Å². The topological polar surface area (TPSA) is 84.2 Å². The van der Waals surface area contributed by atoms with E-state index in [-0.39, 0.29) is 15.9 Å². The number of nitrogens with zero attached hydrogens (tertiary/aromatic N) is 2. The van der Waals surface area contributed by atoms with Crippen LogP contribution in [0.25, 0.3) is 0 Å². The molecule has 6 nitrogen and oxygen atoms in total. The molecule has 102 valence electrons. The third-order valence-electron chi connectivity index (χ3n) is 2.29. The van der Waals surface area contributed by atoms with Crippen LogP contribution in [0.4, 0.5) is 10.1 Å². The Labute approximate surface area is 113 Å². The number of hydrogen-bond donors (Lipinski definition) is 2. The summed E-state index contributed by atoms with van der Waals surface area (Å²) in [5.74, 6) is -1.51. The normalized spacial score (nSPS) is 11.5. The minimum absolute atomic E-state index is 0.0444. The highest BCUT2D eigenvalue weighted by atomic mass is 35.5. The van der Waals surface area contributed by atoms with E-state index in [2.05, 4.69) is 9.71 Å². The molecule has 0 radical (unpaired) electrons. The molecule has 2 aromatic rings. The molecule has 0 atom stereocenters. The van der Waals surface area contributed by atoms with Crippen LogP contribution in [0, 0.1) is 5.82 Å². The first kappa shape index (κ1) is 13.6. The standard InChI is InChI=1S/C10H9ClFN3O3S/c1-15-5-13-10(9(15)11)19(17,18)14-6-2-3-8(16)7(12)4-6/h2-5,14,16H,1H3. The Kier molecular flexibility index (Phi) is 3.38. The minimum atomic E-state index is -4.01. The SMILES string of the molecule is Cn1cnc(S(=O)(=O)Nc2ccc(O)c(F)c2)c1Cl. The molecule has 1 heterocycles. The molecule has 0 saturated carbocycles. The quantitative estimate of drug-likeness (QED) is 0.846. The van der Waals surface area contributed by atoms with Gasteiger partial charge in [-0.05, 0) is 12.1 Å². The molecule has 1 aromatic carbocycles. The van der Waals surface area contributed by atoms with Crippen LogP contribution in [0.15, 0.2) is 29.6 Å². The predicted molar refractivity (Wildman–Crippen MR) is 67.1 cm³/mol. The van der Waals surface area contributed by atoms with Gasteiger partial charge >= 0.3 is 0 Å². The van der Waals surface area contributed by atoms with Crippen molar-refractivity contribution in [2.45, 2.75) is 5.03 Å². The highest BCUT2D eigenvalue weighted by molar-refractivity contribution is 7.92. The highest BCUT2D eigenvalue weighted by Gasteiger charge is 2.22. The molecular weight excluding hydrogens is 297 g/mol. The van der Waals surface area contributed by atoms with Crippen LogP contribution in [-0.2, 0) is 17.1 Å². The van der Waals surface area contributed by atoms with Crippen molar-refractivity contribution in [3.8, 4) is 5.75 Å². The number of nitrogens with one attached hydrogen (secondary N) is 1. The van der Waals surface area contributed by atoms with E-state index in [4.69, 9.17) is 16.7 Å². The molecule has 0 bridgehead atoms. The van der Waals surface area contributed by atoms with Gasteiger partial charge in [0.25, 0.3) is 10.0 Å². The van der Waals surface area contributed by atoms with E-state index in [0.29, 0.717) is 0 Å². The van der Waals surface area contributed by atoms with Crippen LogP contribution in [-0.4, -0.2) is 23.1 Å². The lowest BCUT2D eigenvalue weighted by Crippen LogP contribution is -2.14. The van der Waals surface area contributed by atoms with Gasteiger partial charge in [-0.3, -0.25) is 4.72 Å². The number of aromatic nitrogens is 2. The molecule has 0 aliphatic rings. The zero-order valence-electron chi connectivity index (χ0n) is 9.63. The Balaban J connectivity index is 2.36. The van der Waals surface area contributed by atoms with E-state index < -0.39 is 21.6 Å². The van der Waals surface area contributed by atoms with Crippen molar-refractivity contribution in [3.63, 3.8) is 0 Å². The van der Waals surface area contributed by atoms with Crippen molar-refractivity contribution < 1.29 is 17.9 Å². The monoisotopic (exact) mass is 305 g/mol. The van der Waals surface area contributed by atoms with Crippen LogP contribution < -0.4 is 4.72 Å². The van der Waals surface area contributed by atoms with Gasteiger partial charge in [0.05, 0.1) is 12.0 Å². The fourth-order valence-corrected chi connectivity index (χ4v) is 2.83. The first-order chi connectivity index (χ1) is 8.81. The number of hydrogen-bond acceptors (Lipinski definition) is 4. The molecule has 0 fully saturated rings. The van der Waals surface area contributed by atoms with Crippen molar-refractivity contribution in [2.75, 3.05) is 4.72 Å². The van der Waals surface area contributed by atoms with Gasteiger partial charge in [-0.1, -0.05) is 11.6 Å². The van der Waals surface area contributed by atoms with Gasteiger partial charge < -0.3 is 9.67 Å². The maximum atomic E-state index is 13.1. The van der Waals surface area contributed by atoms with Crippen molar-refractivity contribution in [3.05, 3.63) is 35.5 Å². The minimum Gasteiger partial charge on any atom is -0.505 e. The maximum Gasteiger partial charge on any atom is 0.282 e. The van der Waals surface area contributed by atoms with Crippen LogP contribution in [0.3, 0.4) is 0 Å². The predicted octanol–water partition coefficient (Wildman–Crippen LogP) is 1.72. The van der Waals surface area contributed by atoms with Crippen LogP contribution in [0.5, 0.6) is 5.75 Å². The number of phenolic OH excluding ortho intramolecular Hbond substituents is 1. The van der Waals surface area contributed by atoms with Crippen molar-refractivity contribution >= 4 is 27.3 Å². The number of benzene rings is 1. The number of aromatic hydroxyl groups is 1. The van der Waals surface area contributed by atoms with Crippen molar-refractivity contribution in [1.29, 1.82) is 0 Å². The molecule has 0 aliphatic carbocycles. The van der Waals surface area contributed by atoms with Crippen LogP contribution in [0.1, 0.15) is 0 Å². The zero-order valence-corrected chi connectivity index (χ0v) is 11.2.